The van der Waals surface area contributed by atoms with Crippen LogP contribution in [0, 0.1) is 6.92 Å². The highest BCUT2D eigenvalue weighted by Gasteiger charge is 2.17. The highest BCUT2D eigenvalue weighted by molar-refractivity contribution is 14.0. The van der Waals surface area contributed by atoms with Crippen molar-refractivity contribution >= 4 is 41.3 Å². The quantitative estimate of drug-likeness (QED) is 0.389. The van der Waals surface area contributed by atoms with Crippen LogP contribution in [0.15, 0.2) is 11.2 Å². The number of guanidine groups is 1. The number of rotatable bonds is 6. The Kier molecular flexibility index (Phi) is 10.00. The number of ether oxygens (including phenoxy) is 1. The molecule has 8 heteroatoms. The minimum Gasteiger partial charge on any atom is -0.374 e. The fraction of sp³-hybridized carbons (Fsp3) is 0.733. The van der Waals surface area contributed by atoms with E-state index >= 15 is 0 Å². The van der Waals surface area contributed by atoms with Crippen LogP contribution in [0.3, 0.4) is 0 Å². The summed E-state index contributed by atoms with van der Waals surface area (Å²) in [6.45, 7) is 9.29. The van der Waals surface area contributed by atoms with Crippen LogP contribution in [0.1, 0.15) is 16.8 Å². The number of hydrogen-bond donors (Lipinski definition) is 2. The second kappa shape index (κ2) is 11.2. The standard InChI is InChI=1S/C15H27N5OS.HI/c1-4-16-15(17-6-5-14-18-9-12(2)22-14)19-10-13-11-20(3)7-8-21-13;/h9,13H,4-8,10-11H2,1-3H3,(H2,16,17,19);1H. The third-order valence-electron chi connectivity index (χ3n) is 3.44. The molecule has 0 amide bonds. The summed E-state index contributed by atoms with van der Waals surface area (Å²) in [7, 11) is 2.12. The number of thiazole rings is 1. The molecular formula is C15H28IN5OS. The summed E-state index contributed by atoms with van der Waals surface area (Å²) < 4.78 is 5.74. The Hall–Kier alpha value is -0.450. The summed E-state index contributed by atoms with van der Waals surface area (Å²) in [5.41, 5.74) is 0. The zero-order valence-electron chi connectivity index (χ0n) is 14.2. The van der Waals surface area contributed by atoms with Gasteiger partial charge in [0.25, 0.3) is 0 Å². The van der Waals surface area contributed by atoms with Crippen molar-refractivity contribution in [1.29, 1.82) is 0 Å². The van der Waals surface area contributed by atoms with Crippen LogP contribution >= 0.6 is 35.3 Å². The molecule has 1 aliphatic rings. The van der Waals surface area contributed by atoms with Crippen molar-refractivity contribution < 1.29 is 4.74 Å². The molecule has 6 nitrogen and oxygen atoms in total. The lowest BCUT2D eigenvalue weighted by atomic mass is 10.3. The second-order valence-electron chi connectivity index (χ2n) is 5.52. The molecule has 1 fully saturated rings. The average Bonchev–Trinajstić information content (AvgIpc) is 2.90. The van der Waals surface area contributed by atoms with Gasteiger partial charge in [-0.1, -0.05) is 0 Å². The van der Waals surface area contributed by atoms with Gasteiger partial charge in [-0.2, -0.15) is 0 Å². The molecular weight excluding hydrogens is 425 g/mol. The molecule has 1 unspecified atom stereocenters. The first-order chi connectivity index (χ1) is 10.7. The second-order valence-corrected chi connectivity index (χ2v) is 6.84. The molecule has 23 heavy (non-hydrogen) atoms. The minimum absolute atomic E-state index is 0. The van der Waals surface area contributed by atoms with E-state index in [2.05, 4.69) is 46.4 Å². The monoisotopic (exact) mass is 453 g/mol. The lowest BCUT2D eigenvalue weighted by Crippen LogP contribution is -2.43. The number of likely N-dealkylation sites (N-methyl/N-ethyl adjacent to an activating group) is 1. The first-order valence-corrected chi connectivity index (χ1v) is 8.72. The zero-order valence-corrected chi connectivity index (χ0v) is 17.3. The minimum atomic E-state index is 0. The van der Waals surface area contributed by atoms with Crippen molar-refractivity contribution in [2.24, 2.45) is 4.99 Å². The maximum atomic E-state index is 5.74. The topological polar surface area (TPSA) is 61.8 Å². The van der Waals surface area contributed by atoms with E-state index in [0.717, 1.165) is 50.2 Å². The Labute approximate surface area is 160 Å². The van der Waals surface area contributed by atoms with E-state index in [-0.39, 0.29) is 30.1 Å². The Bertz CT molecular complexity index is 482. The summed E-state index contributed by atoms with van der Waals surface area (Å²) in [6, 6.07) is 0. The molecule has 1 saturated heterocycles. The predicted molar refractivity (Wildman–Crippen MR) is 107 cm³/mol. The van der Waals surface area contributed by atoms with Crippen molar-refractivity contribution in [3.63, 3.8) is 0 Å². The van der Waals surface area contributed by atoms with Gasteiger partial charge in [-0.25, -0.2) is 4.98 Å². The van der Waals surface area contributed by atoms with Gasteiger partial charge in [0.1, 0.15) is 0 Å². The molecule has 1 aliphatic heterocycles. The van der Waals surface area contributed by atoms with Gasteiger partial charge in [-0.3, -0.25) is 4.99 Å². The maximum Gasteiger partial charge on any atom is 0.191 e. The van der Waals surface area contributed by atoms with Gasteiger partial charge in [0.15, 0.2) is 5.96 Å². The number of nitrogens with one attached hydrogen (secondary N) is 2. The zero-order chi connectivity index (χ0) is 15.8. The molecule has 1 aromatic rings. The van der Waals surface area contributed by atoms with E-state index in [4.69, 9.17) is 4.74 Å². The molecule has 1 aromatic heterocycles. The Morgan fingerprint density at radius 1 is 1.52 bits per heavy atom. The summed E-state index contributed by atoms with van der Waals surface area (Å²) >= 11 is 1.75. The van der Waals surface area contributed by atoms with Crippen molar-refractivity contribution in [2.75, 3.05) is 46.4 Å². The molecule has 2 N–H and O–H groups in total. The normalized spacial score (nSPS) is 19.3. The first-order valence-electron chi connectivity index (χ1n) is 7.91. The van der Waals surface area contributed by atoms with E-state index in [1.807, 2.05) is 6.20 Å². The van der Waals surface area contributed by atoms with Crippen LogP contribution in [0.2, 0.25) is 0 Å². The Balaban J connectivity index is 0.00000264. The van der Waals surface area contributed by atoms with Gasteiger partial charge in [-0.15, -0.1) is 35.3 Å². The number of morpholine rings is 1. The van der Waals surface area contributed by atoms with Crippen LogP contribution in [0.5, 0.6) is 0 Å². The maximum absolute atomic E-state index is 5.74. The van der Waals surface area contributed by atoms with Crippen LogP contribution in [0.4, 0.5) is 0 Å². The molecule has 132 valence electrons. The highest BCUT2D eigenvalue weighted by Crippen LogP contribution is 2.10. The number of aryl methyl sites for hydroxylation is 1. The summed E-state index contributed by atoms with van der Waals surface area (Å²) in [4.78, 5) is 12.6. The summed E-state index contributed by atoms with van der Waals surface area (Å²) in [6.07, 6.45) is 3.04. The largest absolute Gasteiger partial charge is 0.374 e. The Morgan fingerprint density at radius 3 is 3.00 bits per heavy atom. The molecule has 2 heterocycles. The lowest BCUT2D eigenvalue weighted by molar-refractivity contribution is -0.0136. The number of halogens is 1. The number of aromatic nitrogens is 1. The van der Waals surface area contributed by atoms with Gasteiger partial charge in [0.05, 0.1) is 24.3 Å². The van der Waals surface area contributed by atoms with Crippen molar-refractivity contribution in [1.82, 2.24) is 20.5 Å². The molecule has 2 rings (SSSR count). The third-order valence-corrected chi connectivity index (χ3v) is 4.41. The van der Waals surface area contributed by atoms with E-state index in [1.54, 1.807) is 11.3 Å². The fourth-order valence-electron chi connectivity index (χ4n) is 2.32. The van der Waals surface area contributed by atoms with Gasteiger partial charge >= 0.3 is 0 Å². The molecule has 1 atom stereocenters. The van der Waals surface area contributed by atoms with Crippen molar-refractivity contribution in [2.45, 2.75) is 26.4 Å². The van der Waals surface area contributed by atoms with Gasteiger partial charge in [0, 0.05) is 43.7 Å². The molecule has 0 bridgehead atoms. The molecule has 0 saturated carbocycles. The molecule has 0 radical (unpaired) electrons. The van der Waals surface area contributed by atoms with Crippen molar-refractivity contribution in [3.05, 3.63) is 16.1 Å². The van der Waals surface area contributed by atoms with Gasteiger partial charge in [0.2, 0.25) is 0 Å². The fourth-order valence-corrected chi connectivity index (χ4v) is 3.10. The average molecular weight is 453 g/mol. The summed E-state index contributed by atoms with van der Waals surface area (Å²) in [5.74, 6) is 0.854. The third kappa shape index (κ3) is 7.77. The summed E-state index contributed by atoms with van der Waals surface area (Å²) in [5, 5.41) is 7.81. The van der Waals surface area contributed by atoms with Gasteiger partial charge < -0.3 is 20.3 Å². The van der Waals surface area contributed by atoms with Crippen LogP contribution in [0.25, 0.3) is 0 Å². The van der Waals surface area contributed by atoms with Crippen LogP contribution < -0.4 is 10.6 Å². The smallest absolute Gasteiger partial charge is 0.191 e. The van der Waals surface area contributed by atoms with Crippen molar-refractivity contribution in [3.8, 4) is 0 Å². The van der Waals surface area contributed by atoms with E-state index < -0.39 is 0 Å². The molecule has 0 aliphatic carbocycles. The van der Waals surface area contributed by atoms with E-state index in [0.29, 0.717) is 6.54 Å². The van der Waals surface area contributed by atoms with Crippen LogP contribution in [-0.2, 0) is 11.2 Å². The Morgan fingerprint density at radius 2 is 2.35 bits per heavy atom. The molecule has 0 aromatic carbocycles. The first kappa shape index (κ1) is 20.6. The van der Waals surface area contributed by atoms with E-state index in [1.165, 1.54) is 4.88 Å². The van der Waals surface area contributed by atoms with Crippen LogP contribution in [-0.4, -0.2) is 68.3 Å². The SMILES string of the molecule is CCNC(=NCC1CN(C)CCO1)NCCc1ncc(C)s1.I. The van der Waals surface area contributed by atoms with Gasteiger partial charge in [-0.05, 0) is 20.9 Å². The van der Waals surface area contributed by atoms with E-state index in [9.17, 15) is 0 Å². The number of nitrogens with zero attached hydrogens (tertiary/aromatic N) is 3. The highest BCUT2D eigenvalue weighted by atomic mass is 127. The number of aliphatic imine (C=N–C) groups is 1. The molecule has 0 spiro atoms. The lowest BCUT2D eigenvalue weighted by Gasteiger charge is -2.29. The predicted octanol–water partition coefficient (Wildman–Crippen LogP) is 1.50. The number of hydrogen-bond acceptors (Lipinski definition) is 5.